The summed E-state index contributed by atoms with van der Waals surface area (Å²) in [5.41, 5.74) is 0.138. The molecule has 4 nitrogen and oxygen atoms in total. The molecule has 0 saturated carbocycles. The summed E-state index contributed by atoms with van der Waals surface area (Å²) in [6, 6.07) is 4.32. The fourth-order valence-corrected chi connectivity index (χ4v) is 1.22. The smallest absolute Gasteiger partial charge is 0.335 e. The van der Waals surface area contributed by atoms with Gasteiger partial charge in [-0.05, 0) is 18.2 Å². The molecule has 0 heterocycles. The number of halogens is 3. The van der Waals surface area contributed by atoms with Gasteiger partial charge in [0.2, 0.25) is 0 Å². The van der Waals surface area contributed by atoms with Crippen molar-refractivity contribution in [3.8, 4) is 5.75 Å². The van der Waals surface area contributed by atoms with Crippen molar-refractivity contribution in [3.63, 3.8) is 0 Å². The van der Waals surface area contributed by atoms with Crippen molar-refractivity contribution >= 4 is 42.4 Å². The van der Waals surface area contributed by atoms with E-state index in [0.29, 0.717) is 19.0 Å². The van der Waals surface area contributed by atoms with Gasteiger partial charge in [0.25, 0.3) is 0 Å². The molecule has 0 aromatic heterocycles. The van der Waals surface area contributed by atoms with E-state index in [0.717, 1.165) is 0 Å². The molecular formula is C10H13Cl3O4. The highest BCUT2D eigenvalue weighted by Crippen LogP contribution is 2.25. The van der Waals surface area contributed by atoms with Gasteiger partial charge in [0.15, 0.2) is 0 Å². The van der Waals surface area contributed by atoms with Gasteiger partial charge in [-0.1, -0.05) is 11.6 Å². The number of hydrogen-bond acceptors (Lipinski definition) is 3. The van der Waals surface area contributed by atoms with Gasteiger partial charge in [-0.25, -0.2) is 4.79 Å². The Hall–Kier alpha value is -0.680. The molecule has 1 rings (SSSR count). The van der Waals surface area contributed by atoms with E-state index in [4.69, 9.17) is 26.2 Å². The Bertz CT molecular complexity index is 357. The lowest BCUT2D eigenvalue weighted by Gasteiger charge is -2.07. The number of hydrogen-bond donors (Lipinski definition) is 1. The van der Waals surface area contributed by atoms with E-state index in [1.807, 2.05) is 0 Å². The van der Waals surface area contributed by atoms with E-state index in [9.17, 15) is 4.79 Å². The van der Waals surface area contributed by atoms with Crippen LogP contribution in [0.5, 0.6) is 5.75 Å². The summed E-state index contributed by atoms with van der Waals surface area (Å²) in [5, 5.41) is 8.98. The van der Waals surface area contributed by atoms with Gasteiger partial charge in [-0.2, -0.15) is 0 Å². The number of rotatable bonds is 5. The van der Waals surface area contributed by atoms with Crippen LogP contribution in [-0.4, -0.2) is 31.4 Å². The number of carboxylic acids is 1. The molecule has 0 spiro atoms. The van der Waals surface area contributed by atoms with E-state index in [1.54, 1.807) is 7.11 Å². The minimum Gasteiger partial charge on any atom is -0.490 e. The molecule has 1 aromatic rings. The summed E-state index contributed by atoms with van der Waals surface area (Å²) in [4.78, 5) is 10.6. The van der Waals surface area contributed by atoms with Crippen LogP contribution in [0.3, 0.4) is 0 Å². The molecule has 0 atom stereocenters. The Balaban J connectivity index is 0. The lowest BCUT2D eigenvalue weighted by Crippen LogP contribution is -2.05. The molecule has 98 valence electrons. The number of ether oxygens (including phenoxy) is 2. The second-order valence-electron chi connectivity index (χ2n) is 2.79. The molecule has 0 aliphatic carbocycles. The molecule has 0 fully saturated rings. The summed E-state index contributed by atoms with van der Waals surface area (Å²) < 4.78 is 10.1. The van der Waals surface area contributed by atoms with Gasteiger partial charge in [0.1, 0.15) is 12.4 Å². The summed E-state index contributed by atoms with van der Waals surface area (Å²) in [7, 11) is 1.57. The fraction of sp³-hybridized carbons (Fsp3) is 0.300. The topological polar surface area (TPSA) is 55.8 Å². The van der Waals surface area contributed by atoms with E-state index in [1.165, 1.54) is 18.2 Å². The molecule has 1 aromatic carbocycles. The molecule has 0 saturated heterocycles. The number of aromatic carboxylic acids is 1. The van der Waals surface area contributed by atoms with Crippen molar-refractivity contribution in [1.29, 1.82) is 0 Å². The highest BCUT2D eigenvalue weighted by atomic mass is 35.5. The molecule has 0 aliphatic heterocycles. The third-order valence-electron chi connectivity index (χ3n) is 1.72. The molecule has 1 N–H and O–H groups in total. The Morgan fingerprint density at radius 3 is 2.47 bits per heavy atom. The lowest BCUT2D eigenvalue weighted by atomic mass is 10.2. The third kappa shape index (κ3) is 5.98. The van der Waals surface area contributed by atoms with Gasteiger partial charge >= 0.3 is 5.97 Å². The van der Waals surface area contributed by atoms with Crippen LogP contribution in [0.25, 0.3) is 0 Å². The minimum atomic E-state index is -1.01. The molecule has 7 heteroatoms. The predicted molar refractivity (Wildman–Crippen MR) is 70.3 cm³/mol. The maximum atomic E-state index is 10.6. The maximum absolute atomic E-state index is 10.6. The molecule has 0 bridgehead atoms. The van der Waals surface area contributed by atoms with E-state index < -0.39 is 5.97 Å². The number of benzene rings is 1. The zero-order chi connectivity index (χ0) is 11.3. The van der Waals surface area contributed by atoms with Crippen molar-refractivity contribution in [2.24, 2.45) is 0 Å². The number of carbonyl (C=O) groups is 1. The van der Waals surface area contributed by atoms with Crippen LogP contribution in [-0.2, 0) is 4.74 Å². The second kappa shape index (κ2) is 9.36. The number of methoxy groups -OCH3 is 1. The first-order valence-electron chi connectivity index (χ1n) is 4.29. The van der Waals surface area contributed by atoms with Gasteiger partial charge in [0.05, 0.1) is 17.2 Å². The van der Waals surface area contributed by atoms with E-state index >= 15 is 0 Å². The van der Waals surface area contributed by atoms with Gasteiger partial charge in [-0.3, -0.25) is 0 Å². The van der Waals surface area contributed by atoms with Crippen LogP contribution in [0.2, 0.25) is 5.02 Å². The van der Waals surface area contributed by atoms with Gasteiger partial charge in [-0.15, -0.1) is 24.8 Å². The molecule has 0 amide bonds. The first-order chi connectivity index (χ1) is 7.15. The maximum Gasteiger partial charge on any atom is 0.335 e. The molecule has 0 aliphatic rings. The molecule has 17 heavy (non-hydrogen) atoms. The van der Waals surface area contributed by atoms with E-state index in [2.05, 4.69) is 0 Å². The van der Waals surface area contributed by atoms with E-state index in [-0.39, 0.29) is 35.4 Å². The Labute approximate surface area is 117 Å². The minimum absolute atomic E-state index is 0. The van der Waals surface area contributed by atoms with Crippen molar-refractivity contribution in [3.05, 3.63) is 28.8 Å². The Morgan fingerprint density at radius 2 is 2.00 bits per heavy atom. The summed E-state index contributed by atoms with van der Waals surface area (Å²) in [6.07, 6.45) is 0. The van der Waals surface area contributed by atoms with Crippen LogP contribution in [0, 0.1) is 0 Å². The standard InChI is InChI=1S/C10H11ClO4.2ClH/c1-14-4-5-15-9-3-2-7(10(12)13)6-8(9)11;;/h2-3,6H,4-5H2,1H3,(H,12,13);2*1H. The average molecular weight is 304 g/mol. The Morgan fingerprint density at radius 1 is 1.35 bits per heavy atom. The summed E-state index contributed by atoms with van der Waals surface area (Å²) in [5.74, 6) is -0.556. The quantitative estimate of drug-likeness (QED) is 0.850. The first-order valence-corrected chi connectivity index (χ1v) is 4.67. The summed E-state index contributed by atoms with van der Waals surface area (Å²) in [6.45, 7) is 0.833. The van der Waals surface area contributed by atoms with Crippen molar-refractivity contribution < 1.29 is 19.4 Å². The van der Waals surface area contributed by atoms with Crippen molar-refractivity contribution in [2.75, 3.05) is 20.3 Å². The fourth-order valence-electron chi connectivity index (χ4n) is 0.986. The molecule has 0 radical (unpaired) electrons. The third-order valence-corrected chi connectivity index (χ3v) is 2.02. The highest BCUT2D eigenvalue weighted by molar-refractivity contribution is 6.32. The van der Waals surface area contributed by atoms with Gasteiger partial charge in [0, 0.05) is 7.11 Å². The zero-order valence-electron chi connectivity index (χ0n) is 9.01. The zero-order valence-corrected chi connectivity index (χ0v) is 11.4. The first kappa shape index (κ1) is 18.7. The summed E-state index contributed by atoms with van der Waals surface area (Å²) >= 11 is 5.82. The van der Waals surface area contributed by atoms with Gasteiger partial charge < -0.3 is 14.6 Å². The average Bonchev–Trinajstić information content (AvgIpc) is 2.20. The molecular weight excluding hydrogens is 290 g/mol. The van der Waals surface area contributed by atoms with Crippen molar-refractivity contribution in [2.45, 2.75) is 0 Å². The SMILES string of the molecule is COCCOc1ccc(C(=O)O)cc1Cl.Cl.Cl. The predicted octanol–water partition coefficient (Wildman–Crippen LogP) is 2.91. The number of carboxylic acid groups (broad SMARTS) is 1. The van der Waals surface area contributed by atoms with Crippen LogP contribution < -0.4 is 4.74 Å². The monoisotopic (exact) mass is 302 g/mol. The normalized spacial score (nSPS) is 8.82. The highest BCUT2D eigenvalue weighted by Gasteiger charge is 2.07. The lowest BCUT2D eigenvalue weighted by molar-refractivity contribution is 0.0697. The van der Waals surface area contributed by atoms with Crippen LogP contribution in [0.1, 0.15) is 10.4 Å². The van der Waals surface area contributed by atoms with Crippen LogP contribution in [0.4, 0.5) is 0 Å². The van der Waals surface area contributed by atoms with Crippen LogP contribution >= 0.6 is 36.4 Å². The Kier molecular flexibility index (Phi) is 10.3. The largest absolute Gasteiger partial charge is 0.490 e. The van der Waals surface area contributed by atoms with Crippen LogP contribution in [0.15, 0.2) is 18.2 Å². The molecule has 0 unspecified atom stereocenters. The van der Waals surface area contributed by atoms with Crippen molar-refractivity contribution in [1.82, 2.24) is 0 Å². The second-order valence-corrected chi connectivity index (χ2v) is 3.20.